The van der Waals surface area contributed by atoms with Crippen LogP contribution in [0.3, 0.4) is 0 Å². The van der Waals surface area contributed by atoms with E-state index >= 15 is 0 Å². The van der Waals surface area contributed by atoms with Crippen LogP contribution in [0.1, 0.15) is 5.56 Å². The van der Waals surface area contributed by atoms with Gasteiger partial charge in [-0.15, -0.1) is 0 Å². The lowest BCUT2D eigenvalue weighted by Crippen LogP contribution is -2.22. The van der Waals surface area contributed by atoms with Gasteiger partial charge in [0.05, 0.1) is 6.54 Å². The van der Waals surface area contributed by atoms with Crippen molar-refractivity contribution in [3.8, 4) is 0 Å². The summed E-state index contributed by atoms with van der Waals surface area (Å²) in [4.78, 5) is 11.9. The van der Waals surface area contributed by atoms with Crippen LogP contribution in [0, 0.1) is 6.92 Å². The van der Waals surface area contributed by atoms with Crippen LogP contribution < -0.4 is 10.6 Å². The number of rotatable bonds is 4. The SMILES string of the molecule is Cc1cc(Br)ccc1NC(=O)CNc1cccc(Cl)c1. The van der Waals surface area contributed by atoms with Crippen LogP contribution in [-0.4, -0.2) is 12.5 Å². The molecule has 0 heterocycles. The molecule has 2 aromatic rings. The van der Waals surface area contributed by atoms with Gasteiger partial charge in [-0.1, -0.05) is 33.6 Å². The molecule has 0 unspecified atom stereocenters. The summed E-state index contributed by atoms with van der Waals surface area (Å²) in [6.45, 7) is 2.14. The molecule has 20 heavy (non-hydrogen) atoms. The van der Waals surface area contributed by atoms with E-state index in [4.69, 9.17) is 11.6 Å². The van der Waals surface area contributed by atoms with Crippen molar-refractivity contribution in [1.82, 2.24) is 0 Å². The number of halogens is 2. The van der Waals surface area contributed by atoms with E-state index in [1.165, 1.54) is 0 Å². The normalized spacial score (nSPS) is 10.2. The van der Waals surface area contributed by atoms with E-state index in [-0.39, 0.29) is 12.5 Å². The van der Waals surface area contributed by atoms with Crippen LogP contribution in [0.2, 0.25) is 5.02 Å². The molecule has 0 saturated carbocycles. The zero-order valence-corrected chi connectivity index (χ0v) is 13.3. The van der Waals surface area contributed by atoms with E-state index in [1.807, 2.05) is 37.3 Å². The molecule has 0 aliphatic rings. The lowest BCUT2D eigenvalue weighted by Gasteiger charge is -2.10. The average Bonchev–Trinajstić information content (AvgIpc) is 2.40. The first-order valence-corrected chi connectivity index (χ1v) is 7.27. The molecule has 1 amide bonds. The molecule has 3 nitrogen and oxygen atoms in total. The Morgan fingerprint density at radius 3 is 2.75 bits per heavy atom. The molecule has 0 atom stereocenters. The smallest absolute Gasteiger partial charge is 0.243 e. The van der Waals surface area contributed by atoms with Crippen molar-refractivity contribution in [2.24, 2.45) is 0 Å². The fraction of sp³-hybridized carbons (Fsp3) is 0.133. The molecular weight excluding hydrogens is 340 g/mol. The van der Waals surface area contributed by atoms with E-state index in [9.17, 15) is 4.79 Å². The van der Waals surface area contributed by atoms with E-state index in [0.29, 0.717) is 5.02 Å². The highest BCUT2D eigenvalue weighted by atomic mass is 79.9. The van der Waals surface area contributed by atoms with Gasteiger partial charge < -0.3 is 10.6 Å². The largest absolute Gasteiger partial charge is 0.376 e. The molecule has 0 aliphatic heterocycles. The molecule has 5 heteroatoms. The quantitative estimate of drug-likeness (QED) is 0.852. The van der Waals surface area contributed by atoms with Crippen LogP contribution in [0.25, 0.3) is 0 Å². The number of carbonyl (C=O) groups excluding carboxylic acids is 1. The van der Waals surface area contributed by atoms with Gasteiger partial charge in [0.15, 0.2) is 0 Å². The summed E-state index contributed by atoms with van der Waals surface area (Å²) in [5, 5.41) is 6.54. The Morgan fingerprint density at radius 1 is 1.25 bits per heavy atom. The summed E-state index contributed by atoms with van der Waals surface area (Å²) >= 11 is 9.27. The van der Waals surface area contributed by atoms with Crippen molar-refractivity contribution in [2.45, 2.75) is 6.92 Å². The van der Waals surface area contributed by atoms with Gasteiger partial charge in [-0.3, -0.25) is 4.79 Å². The van der Waals surface area contributed by atoms with Gasteiger partial charge in [0, 0.05) is 20.9 Å². The maximum atomic E-state index is 11.9. The molecule has 0 spiro atoms. The van der Waals surface area contributed by atoms with Crippen LogP contribution >= 0.6 is 27.5 Å². The number of benzene rings is 2. The monoisotopic (exact) mass is 352 g/mol. The fourth-order valence-corrected chi connectivity index (χ4v) is 2.41. The van der Waals surface area contributed by atoms with Crippen molar-refractivity contribution in [3.05, 3.63) is 57.5 Å². The number of hydrogen-bond donors (Lipinski definition) is 2. The minimum absolute atomic E-state index is 0.101. The zero-order chi connectivity index (χ0) is 14.5. The molecule has 2 aromatic carbocycles. The number of anilines is 2. The zero-order valence-electron chi connectivity index (χ0n) is 10.9. The van der Waals surface area contributed by atoms with E-state index in [1.54, 1.807) is 12.1 Å². The second-order valence-corrected chi connectivity index (χ2v) is 5.72. The van der Waals surface area contributed by atoms with Crippen LogP contribution in [0.15, 0.2) is 46.9 Å². The highest BCUT2D eigenvalue weighted by Crippen LogP contribution is 2.20. The minimum Gasteiger partial charge on any atom is -0.376 e. The third kappa shape index (κ3) is 4.25. The van der Waals surface area contributed by atoms with Crippen molar-refractivity contribution < 1.29 is 4.79 Å². The second kappa shape index (κ2) is 6.77. The molecule has 2 N–H and O–H groups in total. The predicted molar refractivity (Wildman–Crippen MR) is 87.5 cm³/mol. The Hall–Kier alpha value is -1.52. The highest BCUT2D eigenvalue weighted by Gasteiger charge is 2.05. The Kier molecular flexibility index (Phi) is 5.04. The van der Waals surface area contributed by atoms with E-state index in [2.05, 4.69) is 26.6 Å². The molecular formula is C15H14BrClN2O. The summed E-state index contributed by atoms with van der Waals surface area (Å²) in [7, 11) is 0. The molecule has 0 aromatic heterocycles. The Morgan fingerprint density at radius 2 is 2.05 bits per heavy atom. The van der Waals surface area contributed by atoms with Crippen LogP contribution in [0.4, 0.5) is 11.4 Å². The lowest BCUT2D eigenvalue weighted by atomic mass is 10.2. The Labute approximate surface area is 131 Å². The summed E-state index contributed by atoms with van der Waals surface area (Å²) < 4.78 is 0.991. The molecule has 104 valence electrons. The van der Waals surface area contributed by atoms with Gasteiger partial charge in [-0.25, -0.2) is 0 Å². The van der Waals surface area contributed by atoms with Crippen molar-refractivity contribution in [1.29, 1.82) is 0 Å². The minimum atomic E-state index is -0.101. The van der Waals surface area contributed by atoms with E-state index in [0.717, 1.165) is 21.4 Å². The first-order valence-electron chi connectivity index (χ1n) is 6.10. The number of amides is 1. The maximum absolute atomic E-state index is 11.9. The van der Waals surface area contributed by atoms with Crippen LogP contribution in [0.5, 0.6) is 0 Å². The Balaban J connectivity index is 1.92. The van der Waals surface area contributed by atoms with Gasteiger partial charge in [-0.2, -0.15) is 0 Å². The highest BCUT2D eigenvalue weighted by molar-refractivity contribution is 9.10. The Bertz CT molecular complexity index is 631. The summed E-state index contributed by atoms with van der Waals surface area (Å²) in [5.41, 5.74) is 2.64. The summed E-state index contributed by atoms with van der Waals surface area (Å²) in [5.74, 6) is -0.101. The number of nitrogens with one attached hydrogen (secondary N) is 2. The fourth-order valence-electron chi connectivity index (χ4n) is 1.74. The number of hydrogen-bond acceptors (Lipinski definition) is 2. The standard InChI is InChI=1S/C15H14BrClN2O/c1-10-7-11(16)5-6-14(10)19-15(20)9-18-13-4-2-3-12(17)8-13/h2-8,18H,9H2,1H3,(H,19,20). The van der Waals surface area contributed by atoms with Crippen LogP contribution in [-0.2, 0) is 4.79 Å². The van der Waals surface area contributed by atoms with Gasteiger partial charge >= 0.3 is 0 Å². The topological polar surface area (TPSA) is 41.1 Å². The first-order chi connectivity index (χ1) is 9.54. The first kappa shape index (κ1) is 14.9. The van der Waals surface area contributed by atoms with Crippen molar-refractivity contribution >= 4 is 44.8 Å². The summed E-state index contributed by atoms with van der Waals surface area (Å²) in [6, 6.07) is 13.0. The second-order valence-electron chi connectivity index (χ2n) is 4.37. The molecule has 2 rings (SSSR count). The van der Waals surface area contributed by atoms with E-state index < -0.39 is 0 Å². The van der Waals surface area contributed by atoms with Crippen molar-refractivity contribution in [3.63, 3.8) is 0 Å². The van der Waals surface area contributed by atoms with Gasteiger partial charge in [0.25, 0.3) is 0 Å². The molecule has 0 radical (unpaired) electrons. The van der Waals surface area contributed by atoms with Gasteiger partial charge in [-0.05, 0) is 48.9 Å². The maximum Gasteiger partial charge on any atom is 0.243 e. The van der Waals surface area contributed by atoms with Gasteiger partial charge in [0.1, 0.15) is 0 Å². The third-order valence-electron chi connectivity index (χ3n) is 2.74. The van der Waals surface area contributed by atoms with Crippen molar-refractivity contribution in [2.75, 3.05) is 17.2 Å². The molecule has 0 aliphatic carbocycles. The average molecular weight is 354 g/mol. The molecule has 0 bridgehead atoms. The lowest BCUT2D eigenvalue weighted by molar-refractivity contribution is -0.114. The molecule has 0 saturated heterocycles. The molecule has 0 fully saturated rings. The number of carbonyl (C=O) groups is 1. The van der Waals surface area contributed by atoms with Gasteiger partial charge in [0.2, 0.25) is 5.91 Å². The third-order valence-corrected chi connectivity index (χ3v) is 3.47. The summed E-state index contributed by atoms with van der Waals surface area (Å²) in [6.07, 6.45) is 0. The number of aryl methyl sites for hydroxylation is 1. The predicted octanol–water partition coefficient (Wildman–Crippen LogP) is 4.46.